The van der Waals surface area contributed by atoms with Gasteiger partial charge in [-0.15, -0.1) is 0 Å². The highest BCUT2D eigenvalue weighted by Crippen LogP contribution is 2.40. The standard InChI is InChI=1S/C22H24ClN3O3.C5H8/c1-4-19(23)15(2)16(3)28-11-6-9-21(27)26-10-12-29-22-18(7-5-8-20(22)26)17-13-24-25-14-17;1-3-5-4-2/h4-5,7-8,13-14H,1,3,6,9-12H2,2H3,(H,24,25);3-5H,1H2,2H3/b19-15+;5-4-. The molecule has 0 bridgehead atoms. The van der Waals surface area contributed by atoms with Gasteiger partial charge in [-0.05, 0) is 26.3 Å². The molecule has 34 heavy (non-hydrogen) atoms. The van der Waals surface area contributed by atoms with Crippen molar-refractivity contribution in [3.8, 4) is 16.9 Å². The number of nitrogens with one attached hydrogen (secondary N) is 1. The van der Waals surface area contributed by atoms with Crippen molar-refractivity contribution in [1.82, 2.24) is 10.2 Å². The molecule has 180 valence electrons. The van der Waals surface area contributed by atoms with Crippen LogP contribution in [0, 0.1) is 0 Å². The zero-order valence-electron chi connectivity index (χ0n) is 19.9. The smallest absolute Gasteiger partial charge is 0.227 e. The van der Waals surface area contributed by atoms with Gasteiger partial charge in [-0.3, -0.25) is 9.89 Å². The number of aromatic nitrogens is 2. The predicted molar refractivity (Wildman–Crippen MR) is 140 cm³/mol. The number of amides is 1. The molecule has 1 aromatic carbocycles. The highest BCUT2D eigenvalue weighted by molar-refractivity contribution is 6.31. The van der Waals surface area contributed by atoms with Gasteiger partial charge in [-0.1, -0.05) is 67.8 Å². The Morgan fingerprint density at radius 1 is 1.38 bits per heavy atom. The average Bonchev–Trinajstić information content (AvgIpc) is 3.40. The van der Waals surface area contributed by atoms with Crippen molar-refractivity contribution < 1.29 is 14.3 Å². The second-order valence-electron chi connectivity index (χ2n) is 7.35. The number of para-hydroxylation sites is 1. The van der Waals surface area contributed by atoms with Crippen molar-refractivity contribution >= 4 is 23.2 Å². The number of anilines is 1. The van der Waals surface area contributed by atoms with Crippen LogP contribution in [-0.2, 0) is 9.53 Å². The number of rotatable bonds is 9. The number of aromatic amines is 1. The van der Waals surface area contributed by atoms with E-state index in [0.29, 0.717) is 49.1 Å². The molecule has 0 saturated carbocycles. The maximum absolute atomic E-state index is 12.8. The van der Waals surface area contributed by atoms with Crippen LogP contribution in [0.1, 0.15) is 26.7 Å². The van der Waals surface area contributed by atoms with Crippen LogP contribution in [0.4, 0.5) is 5.69 Å². The summed E-state index contributed by atoms with van der Waals surface area (Å²) < 4.78 is 11.5. The summed E-state index contributed by atoms with van der Waals surface area (Å²) in [5, 5.41) is 7.31. The highest BCUT2D eigenvalue weighted by atomic mass is 35.5. The Kier molecular flexibility index (Phi) is 10.9. The SMILES string of the molecule is C=C/C(Cl)=C(/C)C(=C)OCCCC(=O)N1CCOc2c(-c3cn[nH]c3)cccc21.C=C/C=C\C. The third-order valence-electron chi connectivity index (χ3n) is 5.05. The van der Waals surface area contributed by atoms with Gasteiger partial charge >= 0.3 is 0 Å². The Balaban J connectivity index is 0.000000739. The molecule has 0 atom stereocenters. The molecule has 1 amide bonds. The molecule has 0 unspecified atom stereocenters. The van der Waals surface area contributed by atoms with Crippen LogP contribution in [0.25, 0.3) is 11.1 Å². The van der Waals surface area contributed by atoms with E-state index in [1.54, 1.807) is 29.4 Å². The van der Waals surface area contributed by atoms with Gasteiger partial charge in [0, 0.05) is 34.3 Å². The summed E-state index contributed by atoms with van der Waals surface area (Å²) in [6, 6.07) is 5.78. The highest BCUT2D eigenvalue weighted by Gasteiger charge is 2.25. The lowest BCUT2D eigenvalue weighted by Crippen LogP contribution is -2.38. The van der Waals surface area contributed by atoms with Crippen molar-refractivity contribution in [3.05, 3.63) is 91.0 Å². The molecule has 6 nitrogen and oxygen atoms in total. The molecule has 0 saturated heterocycles. The van der Waals surface area contributed by atoms with Crippen molar-refractivity contribution in [1.29, 1.82) is 0 Å². The van der Waals surface area contributed by atoms with Gasteiger partial charge in [0.2, 0.25) is 5.91 Å². The molecule has 7 heteroatoms. The van der Waals surface area contributed by atoms with Crippen molar-refractivity contribution in [2.45, 2.75) is 26.7 Å². The normalized spacial score (nSPS) is 13.1. The number of hydrogen-bond donors (Lipinski definition) is 1. The fourth-order valence-electron chi connectivity index (χ4n) is 3.22. The average molecular weight is 482 g/mol. The van der Waals surface area contributed by atoms with Crippen molar-refractivity contribution in [2.24, 2.45) is 0 Å². The number of halogens is 1. The molecule has 3 rings (SSSR count). The topological polar surface area (TPSA) is 67.4 Å². The number of nitrogens with zero attached hydrogens (tertiary/aromatic N) is 2. The van der Waals surface area contributed by atoms with Crippen LogP contribution in [0.15, 0.2) is 91.0 Å². The molecule has 1 aromatic heterocycles. The zero-order valence-corrected chi connectivity index (χ0v) is 20.6. The molecule has 1 N–H and O–H groups in total. The van der Waals surface area contributed by atoms with Crippen LogP contribution >= 0.6 is 11.6 Å². The third-order valence-corrected chi connectivity index (χ3v) is 5.49. The fraction of sp³-hybridized carbons (Fsp3) is 0.259. The monoisotopic (exact) mass is 481 g/mol. The van der Waals surface area contributed by atoms with Crippen LogP contribution in [-0.4, -0.2) is 35.9 Å². The van der Waals surface area contributed by atoms with Crippen LogP contribution in [0.3, 0.4) is 0 Å². The summed E-state index contributed by atoms with van der Waals surface area (Å²) in [5.74, 6) is 1.23. The van der Waals surface area contributed by atoms with E-state index in [1.807, 2.05) is 44.2 Å². The summed E-state index contributed by atoms with van der Waals surface area (Å²) in [6.45, 7) is 16.1. The second-order valence-corrected chi connectivity index (χ2v) is 7.76. The molecule has 0 aliphatic carbocycles. The number of carbonyl (C=O) groups excluding carboxylic acids is 1. The van der Waals surface area contributed by atoms with E-state index >= 15 is 0 Å². The van der Waals surface area contributed by atoms with Gasteiger partial charge in [0.05, 0.1) is 25.0 Å². The van der Waals surface area contributed by atoms with E-state index in [4.69, 9.17) is 21.1 Å². The molecule has 0 fully saturated rings. The van der Waals surface area contributed by atoms with Crippen molar-refractivity contribution in [3.63, 3.8) is 0 Å². The van der Waals surface area contributed by atoms with Crippen LogP contribution in [0.5, 0.6) is 5.75 Å². The van der Waals surface area contributed by atoms with E-state index in [9.17, 15) is 4.79 Å². The van der Waals surface area contributed by atoms with E-state index in [0.717, 1.165) is 22.4 Å². The van der Waals surface area contributed by atoms with Gasteiger partial charge in [-0.25, -0.2) is 0 Å². The number of ether oxygens (including phenoxy) is 2. The summed E-state index contributed by atoms with van der Waals surface area (Å²) in [6.07, 6.45) is 11.6. The lowest BCUT2D eigenvalue weighted by atomic mass is 10.1. The first-order valence-corrected chi connectivity index (χ1v) is 11.4. The van der Waals surface area contributed by atoms with Crippen LogP contribution in [0.2, 0.25) is 0 Å². The minimum absolute atomic E-state index is 0.0319. The molecule has 2 aromatic rings. The van der Waals surface area contributed by atoms with Gasteiger partial charge in [0.1, 0.15) is 12.4 Å². The zero-order chi connectivity index (χ0) is 24.9. The Morgan fingerprint density at radius 2 is 2.18 bits per heavy atom. The quantitative estimate of drug-likeness (QED) is 0.250. The second kappa shape index (κ2) is 13.9. The summed E-state index contributed by atoms with van der Waals surface area (Å²) in [4.78, 5) is 14.6. The number of carbonyl (C=O) groups is 1. The first-order valence-electron chi connectivity index (χ1n) is 11.0. The molecular formula is C27H32ClN3O3. The van der Waals surface area contributed by atoms with Gasteiger partial charge in [0.25, 0.3) is 0 Å². The number of fused-ring (bicyclic) bond motifs is 1. The lowest BCUT2D eigenvalue weighted by Gasteiger charge is -2.31. The Hall–Kier alpha value is -3.51. The Bertz CT molecular complexity index is 1060. The molecule has 0 spiro atoms. The largest absolute Gasteiger partial charge is 0.494 e. The van der Waals surface area contributed by atoms with Crippen molar-refractivity contribution in [2.75, 3.05) is 24.7 Å². The fourth-order valence-corrected chi connectivity index (χ4v) is 3.32. The first-order chi connectivity index (χ1) is 16.4. The summed E-state index contributed by atoms with van der Waals surface area (Å²) >= 11 is 6.02. The minimum Gasteiger partial charge on any atom is -0.494 e. The van der Waals surface area contributed by atoms with E-state index in [-0.39, 0.29) is 5.91 Å². The van der Waals surface area contributed by atoms with E-state index < -0.39 is 0 Å². The first kappa shape index (κ1) is 26.7. The Labute approximate surface area is 206 Å². The van der Waals surface area contributed by atoms with Gasteiger partial charge in [0.15, 0.2) is 5.75 Å². The maximum Gasteiger partial charge on any atom is 0.227 e. The van der Waals surface area contributed by atoms with Gasteiger partial charge in [-0.2, -0.15) is 5.10 Å². The molecular weight excluding hydrogens is 450 g/mol. The number of hydrogen-bond acceptors (Lipinski definition) is 4. The predicted octanol–water partition coefficient (Wildman–Crippen LogP) is 6.56. The number of benzene rings is 1. The third kappa shape index (κ3) is 7.25. The maximum atomic E-state index is 12.8. The minimum atomic E-state index is 0.0319. The lowest BCUT2D eigenvalue weighted by molar-refractivity contribution is -0.119. The molecule has 2 heterocycles. The van der Waals surface area contributed by atoms with E-state index in [1.165, 1.54) is 0 Å². The molecule has 0 radical (unpaired) electrons. The molecule has 1 aliphatic rings. The Morgan fingerprint density at radius 3 is 2.79 bits per heavy atom. The number of allylic oxidation sites excluding steroid dienone is 6. The molecule has 1 aliphatic heterocycles. The number of H-pyrrole nitrogens is 1. The van der Waals surface area contributed by atoms with E-state index in [2.05, 4.69) is 29.9 Å². The summed E-state index contributed by atoms with van der Waals surface area (Å²) in [7, 11) is 0. The summed E-state index contributed by atoms with van der Waals surface area (Å²) in [5.41, 5.74) is 3.35. The van der Waals surface area contributed by atoms with Gasteiger partial charge < -0.3 is 14.4 Å². The van der Waals surface area contributed by atoms with Crippen LogP contribution < -0.4 is 9.64 Å².